The van der Waals surface area contributed by atoms with Crippen LogP contribution in [0.3, 0.4) is 0 Å². The van der Waals surface area contributed by atoms with Crippen LogP contribution in [-0.2, 0) is 6.42 Å². The van der Waals surface area contributed by atoms with Crippen LogP contribution < -0.4 is 5.32 Å². The van der Waals surface area contributed by atoms with Crippen molar-refractivity contribution in [2.45, 2.75) is 26.2 Å². The standard InChI is InChI=1S/C14H19NO/c1-10(2)11-4-5-14-13(8-11)12(9-16-14)6-7-15-3/h4-5,8-10,15H,6-7H2,1-3H3. The quantitative estimate of drug-likeness (QED) is 0.850. The summed E-state index contributed by atoms with van der Waals surface area (Å²) in [7, 11) is 1.97. The van der Waals surface area contributed by atoms with Crippen LogP contribution in [0.25, 0.3) is 11.0 Å². The van der Waals surface area contributed by atoms with Gasteiger partial charge in [-0.15, -0.1) is 0 Å². The molecule has 2 heteroatoms. The first kappa shape index (κ1) is 11.2. The predicted molar refractivity (Wildman–Crippen MR) is 67.9 cm³/mol. The zero-order chi connectivity index (χ0) is 11.5. The second kappa shape index (κ2) is 4.71. The van der Waals surface area contributed by atoms with E-state index in [1.54, 1.807) is 0 Å². The normalized spacial score (nSPS) is 11.5. The van der Waals surface area contributed by atoms with Gasteiger partial charge in [0.25, 0.3) is 0 Å². The molecule has 0 aliphatic rings. The van der Waals surface area contributed by atoms with Gasteiger partial charge in [0.2, 0.25) is 0 Å². The van der Waals surface area contributed by atoms with Crippen molar-refractivity contribution in [1.82, 2.24) is 5.32 Å². The molecular weight excluding hydrogens is 198 g/mol. The van der Waals surface area contributed by atoms with Crippen molar-refractivity contribution < 1.29 is 4.42 Å². The lowest BCUT2D eigenvalue weighted by Gasteiger charge is -2.05. The molecule has 2 aromatic rings. The third kappa shape index (κ3) is 2.12. The van der Waals surface area contributed by atoms with Crippen molar-refractivity contribution in [1.29, 1.82) is 0 Å². The minimum absolute atomic E-state index is 0.566. The van der Waals surface area contributed by atoms with E-state index >= 15 is 0 Å². The second-order valence-corrected chi connectivity index (χ2v) is 4.52. The lowest BCUT2D eigenvalue weighted by atomic mass is 10.00. The Bertz CT molecular complexity index is 471. The van der Waals surface area contributed by atoms with E-state index in [1.807, 2.05) is 13.3 Å². The maximum absolute atomic E-state index is 5.55. The summed E-state index contributed by atoms with van der Waals surface area (Å²) in [5.74, 6) is 0.566. The Hall–Kier alpha value is -1.28. The SMILES string of the molecule is CNCCc1coc2ccc(C(C)C)cc12. The number of furan rings is 1. The van der Waals surface area contributed by atoms with Gasteiger partial charge in [-0.25, -0.2) is 0 Å². The topological polar surface area (TPSA) is 25.2 Å². The van der Waals surface area contributed by atoms with E-state index in [4.69, 9.17) is 4.42 Å². The van der Waals surface area contributed by atoms with Gasteiger partial charge >= 0.3 is 0 Å². The Kier molecular flexibility index (Phi) is 3.30. The first-order valence-corrected chi connectivity index (χ1v) is 5.87. The van der Waals surface area contributed by atoms with Gasteiger partial charge in [0, 0.05) is 5.39 Å². The third-order valence-electron chi connectivity index (χ3n) is 2.99. The molecule has 2 rings (SSSR count). The van der Waals surface area contributed by atoms with Gasteiger partial charge in [-0.1, -0.05) is 19.9 Å². The average molecular weight is 217 g/mol. The molecule has 0 atom stereocenters. The van der Waals surface area contributed by atoms with Crippen LogP contribution in [-0.4, -0.2) is 13.6 Å². The molecule has 1 N–H and O–H groups in total. The van der Waals surface area contributed by atoms with Crippen LogP contribution in [0.1, 0.15) is 30.9 Å². The predicted octanol–water partition coefficient (Wildman–Crippen LogP) is 3.32. The average Bonchev–Trinajstić information content (AvgIpc) is 2.68. The number of fused-ring (bicyclic) bond motifs is 1. The van der Waals surface area contributed by atoms with Crippen molar-refractivity contribution in [3.05, 3.63) is 35.6 Å². The molecule has 0 saturated heterocycles. The fraction of sp³-hybridized carbons (Fsp3) is 0.429. The zero-order valence-electron chi connectivity index (χ0n) is 10.2. The van der Waals surface area contributed by atoms with Gasteiger partial charge in [-0.3, -0.25) is 0 Å². The lowest BCUT2D eigenvalue weighted by Crippen LogP contribution is -2.09. The van der Waals surface area contributed by atoms with E-state index in [9.17, 15) is 0 Å². The van der Waals surface area contributed by atoms with E-state index < -0.39 is 0 Å². The number of likely N-dealkylation sites (N-methyl/N-ethyl adjacent to an activating group) is 1. The molecule has 2 nitrogen and oxygen atoms in total. The molecule has 0 spiro atoms. The molecular formula is C14H19NO. The van der Waals surface area contributed by atoms with Crippen LogP contribution in [0.4, 0.5) is 0 Å². The van der Waals surface area contributed by atoms with Crippen molar-refractivity contribution in [2.75, 3.05) is 13.6 Å². The van der Waals surface area contributed by atoms with E-state index in [-0.39, 0.29) is 0 Å². The molecule has 0 bridgehead atoms. The Morgan fingerprint density at radius 3 is 2.81 bits per heavy atom. The largest absolute Gasteiger partial charge is 0.464 e. The van der Waals surface area contributed by atoms with Gasteiger partial charge in [0.15, 0.2) is 0 Å². The highest BCUT2D eigenvalue weighted by Gasteiger charge is 2.07. The van der Waals surface area contributed by atoms with Crippen LogP contribution in [0.5, 0.6) is 0 Å². The van der Waals surface area contributed by atoms with Crippen LogP contribution in [0.15, 0.2) is 28.9 Å². The highest BCUT2D eigenvalue weighted by Crippen LogP contribution is 2.25. The Labute approximate surface area is 96.6 Å². The van der Waals surface area contributed by atoms with Crippen molar-refractivity contribution in [3.8, 4) is 0 Å². The summed E-state index contributed by atoms with van der Waals surface area (Å²) in [6, 6.07) is 6.49. The third-order valence-corrected chi connectivity index (χ3v) is 2.99. The summed E-state index contributed by atoms with van der Waals surface area (Å²) in [6.07, 6.45) is 2.90. The van der Waals surface area contributed by atoms with Crippen LogP contribution >= 0.6 is 0 Å². The molecule has 0 amide bonds. The van der Waals surface area contributed by atoms with Crippen molar-refractivity contribution >= 4 is 11.0 Å². The number of hydrogen-bond donors (Lipinski definition) is 1. The molecule has 1 aromatic carbocycles. The molecule has 0 saturated carbocycles. The molecule has 0 fully saturated rings. The highest BCUT2D eigenvalue weighted by molar-refractivity contribution is 5.81. The Morgan fingerprint density at radius 1 is 1.31 bits per heavy atom. The molecule has 86 valence electrons. The number of nitrogens with one attached hydrogen (secondary N) is 1. The molecule has 0 aliphatic carbocycles. The zero-order valence-corrected chi connectivity index (χ0v) is 10.2. The Balaban J connectivity index is 2.39. The fourth-order valence-corrected chi connectivity index (χ4v) is 1.91. The highest BCUT2D eigenvalue weighted by atomic mass is 16.3. The van der Waals surface area contributed by atoms with Crippen molar-refractivity contribution in [3.63, 3.8) is 0 Å². The molecule has 0 aliphatic heterocycles. The summed E-state index contributed by atoms with van der Waals surface area (Å²) >= 11 is 0. The maximum atomic E-state index is 5.55. The summed E-state index contributed by atoms with van der Waals surface area (Å²) in [5.41, 5.74) is 3.67. The Morgan fingerprint density at radius 2 is 2.12 bits per heavy atom. The van der Waals surface area contributed by atoms with Gasteiger partial charge in [0.1, 0.15) is 5.58 Å². The van der Waals surface area contributed by atoms with E-state index in [1.165, 1.54) is 16.5 Å². The van der Waals surface area contributed by atoms with Gasteiger partial charge in [-0.05, 0) is 49.2 Å². The lowest BCUT2D eigenvalue weighted by molar-refractivity contribution is 0.608. The summed E-state index contributed by atoms with van der Waals surface area (Å²) in [4.78, 5) is 0. The van der Waals surface area contributed by atoms with E-state index in [0.29, 0.717) is 5.92 Å². The monoisotopic (exact) mass is 217 g/mol. The summed E-state index contributed by atoms with van der Waals surface area (Å²) < 4.78 is 5.55. The second-order valence-electron chi connectivity index (χ2n) is 4.52. The molecule has 0 unspecified atom stereocenters. The van der Waals surface area contributed by atoms with Crippen molar-refractivity contribution in [2.24, 2.45) is 0 Å². The van der Waals surface area contributed by atoms with E-state index in [2.05, 4.69) is 37.4 Å². The molecule has 16 heavy (non-hydrogen) atoms. The van der Waals surface area contributed by atoms with Gasteiger partial charge in [-0.2, -0.15) is 0 Å². The minimum atomic E-state index is 0.566. The van der Waals surface area contributed by atoms with Gasteiger partial charge < -0.3 is 9.73 Å². The molecule has 1 heterocycles. The number of hydrogen-bond acceptors (Lipinski definition) is 2. The van der Waals surface area contributed by atoms with Gasteiger partial charge in [0.05, 0.1) is 6.26 Å². The first-order chi connectivity index (χ1) is 7.72. The summed E-state index contributed by atoms with van der Waals surface area (Å²) in [6.45, 7) is 5.42. The van der Waals surface area contributed by atoms with Crippen LogP contribution in [0.2, 0.25) is 0 Å². The molecule has 1 aromatic heterocycles. The summed E-state index contributed by atoms with van der Waals surface area (Å²) in [5, 5.41) is 4.43. The fourth-order valence-electron chi connectivity index (χ4n) is 1.91. The number of benzene rings is 1. The van der Waals surface area contributed by atoms with E-state index in [0.717, 1.165) is 18.5 Å². The van der Waals surface area contributed by atoms with Crippen LogP contribution in [0, 0.1) is 0 Å². The smallest absolute Gasteiger partial charge is 0.134 e. The first-order valence-electron chi connectivity index (χ1n) is 5.87. The number of rotatable bonds is 4. The molecule has 0 radical (unpaired) electrons. The maximum Gasteiger partial charge on any atom is 0.134 e. The minimum Gasteiger partial charge on any atom is -0.464 e.